The standard InChI is InChI=1S/C12H17NO3/c1-3-13-11(12(15)16-4-2)9-5-7-10(14)8-6-9/h5-8,11,13-14H,3-4H2,1-2H3. The lowest BCUT2D eigenvalue weighted by Crippen LogP contribution is -2.30. The smallest absolute Gasteiger partial charge is 0.327 e. The number of aromatic hydroxyl groups is 1. The fraction of sp³-hybridized carbons (Fsp3) is 0.417. The molecule has 88 valence electrons. The van der Waals surface area contributed by atoms with Crippen LogP contribution < -0.4 is 5.32 Å². The van der Waals surface area contributed by atoms with Crippen molar-refractivity contribution < 1.29 is 14.6 Å². The Morgan fingerprint density at radius 1 is 1.38 bits per heavy atom. The van der Waals surface area contributed by atoms with E-state index in [1.807, 2.05) is 6.92 Å². The summed E-state index contributed by atoms with van der Waals surface area (Å²) in [6.45, 7) is 4.73. The molecular formula is C12H17NO3. The lowest BCUT2D eigenvalue weighted by atomic mass is 10.1. The maximum atomic E-state index is 11.7. The van der Waals surface area contributed by atoms with Crippen molar-refractivity contribution in [2.75, 3.05) is 13.2 Å². The maximum Gasteiger partial charge on any atom is 0.327 e. The molecule has 0 heterocycles. The molecule has 16 heavy (non-hydrogen) atoms. The van der Waals surface area contributed by atoms with Crippen LogP contribution in [0.25, 0.3) is 0 Å². The number of hydrogen-bond donors (Lipinski definition) is 2. The average Bonchev–Trinajstić information content (AvgIpc) is 2.28. The molecule has 4 heteroatoms. The van der Waals surface area contributed by atoms with Crippen LogP contribution in [0.5, 0.6) is 5.75 Å². The van der Waals surface area contributed by atoms with Crippen molar-refractivity contribution in [3.63, 3.8) is 0 Å². The van der Waals surface area contributed by atoms with Gasteiger partial charge in [0.1, 0.15) is 11.8 Å². The van der Waals surface area contributed by atoms with Gasteiger partial charge in [-0.15, -0.1) is 0 Å². The average molecular weight is 223 g/mol. The molecule has 0 aromatic heterocycles. The first-order chi connectivity index (χ1) is 7.69. The van der Waals surface area contributed by atoms with E-state index in [0.29, 0.717) is 13.2 Å². The number of nitrogens with one attached hydrogen (secondary N) is 1. The number of rotatable bonds is 5. The van der Waals surface area contributed by atoms with Crippen LogP contribution in [0.1, 0.15) is 25.5 Å². The third-order valence-corrected chi connectivity index (χ3v) is 2.16. The van der Waals surface area contributed by atoms with Crippen LogP contribution in [0.2, 0.25) is 0 Å². The van der Waals surface area contributed by atoms with Gasteiger partial charge in [-0.25, -0.2) is 4.79 Å². The Morgan fingerprint density at radius 2 is 2.00 bits per heavy atom. The summed E-state index contributed by atoms with van der Waals surface area (Å²) in [6, 6.07) is 6.06. The van der Waals surface area contributed by atoms with Gasteiger partial charge in [-0.2, -0.15) is 0 Å². The van der Waals surface area contributed by atoms with Gasteiger partial charge >= 0.3 is 5.97 Å². The Kier molecular flexibility index (Phi) is 4.79. The fourth-order valence-corrected chi connectivity index (χ4v) is 1.43. The number of hydrogen-bond acceptors (Lipinski definition) is 4. The molecule has 0 amide bonds. The zero-order valence-corrected chi connectivity index (χ0v) is 9.56. The van der Waals surface area contributed by atoms with Crippen LogP contribution in [0.3, 0.4) is 0 Å². The van der Waals surface area contributed by atoms with Crippen molar-refractivity contribution in [2.24, 2.45) is 0 Å². The van der Waals surface area contributed by atoms with E-state index >= 15 is 0 Å². The van der Waals surface area contributed by atoms with Gasteiger partial charge < -0.3 is 15.2 Å². The lowest BCUT2D eigenvalue weighted by molar-refractivity contribution is -0.145. The van der Waals surface area contributed by atoms with Crippen LogP contribution in [0.15, 0.2) is 24.3 Å². The Bertz CT molecular complexity index is 335. The van der Waals surface area contributed by atoms with Crippen LogP contribution in [-0.4, -0.2) is 24.2 Å². The molecule has 2 N–H and O–H groups in total. The SMILES string of the molecule is CCNC(C(=O)OCC)c1ccc(O)cc1. The minimum absolute atomic E-state index is 0.183. The first kappa shape index (κ1) is 12.5. The summed E-state index contributed by atoms with van der Waals surface area (Å²) in [4.78, 5) is 11.7. The van der Waals surface area contributed by atoms with Crippen LogP contribution >= 0.6 is 0 Å². The predicted octanol–water partition coefficient (Wildman–Crippen LogP) is 1.61. The highest BCUT2D eigenvalue weighted by Gasteiger charge is 2.20. The van der Waals surface area contributed by atoms with Crippen molar-refractivity contribution in [2.45, 2.75) is 19.9 Å². The topological polar surface area (TPSA) is 58.6 Å². The second kappa shape index (κ2) is 6.12. The van der Waals surface area contributed by atoms with Crippen molar-refractivity contribution in [1.82, 2.24) is 5.32 Å². The van der Waals surface area contributed by atoms with Crippen molar-refractivity contribution in [3.05, 3.63) is 29.8 Å². The molecule has 0 saturated heterocycles. The third kappa shape index (κ3) is 3.24. The van der Waals surface area contributed by atoms with Gasteiger partial charge in [-0.3, -0.25) is 0 Å². The first-order valence-electron chi connectivity index (χ1n) is 5.38. The molecule has 1 unspecified atom stereocenters. The summed E-state index contributed by atoms with van der Waals surface area (Å²) in [5.74, 6) is -0.113. The molecule has 0 fully saturated rings. The highest BCUT2D eigenvalue weighted by atomic mass is 16.5. The van der Waals surface area contributed by atoms with Gasteiger partial charge in [-0.1, -0.05) is 19.1 Å². The number of benzene rings is 1. The summed E-state index contributed by atoms with van der Waals surface area (Å²) >= 11 is 0. The normalized spacial score (nSPS) is 12.1. The van der Waals surface area contributed by atoms with E-state index in [-0.39, 0.29) is 11.7 Å². The number of phenols is 1. The second-order valence-electron chi connectivity index (χ2n) is 3.33. The van der Waals surface area contributed by atoms with Gasteiger partial charge in [0.15, 0.2) is 0 Å². The zero-order valence-electron chi connectivity index (χ0n) is 9.56. The molecule has 0 radical (unpaired) electrons. The molecule has 1 rings (SSSR count). The molecule has 0 bridgehead atoms. The number of carbonyl (C=O) groups is 1. The summed E-state index contributed by atoms with van der Waals surface area (Å²) in [7, 11) is 0. The van der Waals surface area contributed by atoms with E-state index in [0.717, 1.165) is 5.56 Å². The van der Waals surface area contributed by atoms with Gasteiger partial charge in [0, 0.05) is 0 Å². The number of esters is 1. The van der Waals surface area contributed by atoms with Crippen LogP contribution in [-0.2, 0) is 9.53 Å². The van der Waals surface area contributed by atoms with E-state index in [4.69, 9.17) is 4.74 Å². The Hall–Kier alpha value is -1.55. The molecule has 0 saturated carbocycles. The summed E-state index contributed by atoms with van der Waals surface area (Å²) in [5.41, 5.74) is 0.790. The second-order valence-corrected chi connectivity index (χ2v) is 3.33. The van der Waals surface area contributed by atoms with E-state index in [9.17, 15) is 9.90 Å². The summed E-state index contributed by atoms with van der Waals surface area (Å²) in [6.07, 6.45) is 0. The van der Waals surface area contributed by atoms with E-state index < -0.39 is 6.04 Å². The zero-order chi connectivity index (χ0) is 12.0. The van der Waals surface area contributed by atoms with Crippen LogP contribution in [0, 0.1) is 0 Å². The Labute approximate surface area is 95.2 Å². The highest BCUT2D eigenvalue weighted by Crippen LogP contribution is 2.18. The van der Waals surface area contributed by atoms with Crippen molar-refractivity contribution in [3.8, 4) is 5.75 Å². The first-order valence-corrected chi connectivity index (χ1v) is 5.38. The summed E-state index contributed by atoms with van der Waals surface area (Å²) < 4.78 is 4.98. The van der Waals surface area contributed by atoms with Gasteiger partial charge in [0.25, 0.3) is 0 Å². The molecule has 4 nitrogen and oxygen atoms in total. The summed E-state index contributed by atoms with van der Waals surface area (Å²) in [5, 5.41) is 12.2. The fourth-order valence-electron chi connectivity index (χ4n) is 1.43. The van der Waals surface area contributed by atoms with E-state index in [1.165, 1.54) is 0 Å². The minimum Gasteiger partial charge on any atom is -0.508 e. The Morgan fingerprint density at radius 3 is 2.50 bits per heavy atom. The molecule has 0 spiro atoms. The molecule has 1 aromatic carbocycles. The maximum absolute atomic E-state index is 11.7. The minimum atomic E-state index is -0.467. The molecule has 0 aliphatic heterocycles. The molecule has 0 aliphatic carbocycles. The molecule has 1 atom stereocenters. The van der Waals surface area contributed by atoms with E-state index in [2.05, 4.69) is 5.32 Å². The number of carbonyl (C=O) groups excluding carboxylic acids is 1. The van der Waals surface area contributed by atoms with Crippen molar-refractivity contribution in [1.29, 1.82) is 0 Å². The predicted molar refractivity (Wildman–Crippen MR) is 61.2 cm³/mol. The number of ether oxygens (including phenoxy) is 1. The highest BCUT2D eigenvalue weighted by molar-refractivity contribution is 5.77. The monoisotopic (exact) mass is 223 g/mol. The third-order valence-electron chi connectivity index (χ3n) is 2.16. The van der Waals surface area contributed by atoms with Gasteiger partial charge in [-0.05, 0) is 31.2 Å². The number of phenolic OH excluding ortho intramolecular Hbond substituents is 1. The lowest BCUT2D eigenvalue weighted by Gasteiger charge is -2.16. The largest absolute Gasteiger partial charge is 0.508 e. The quantitative estimate of drug-likeness (QED) is 0.744. The van der Waals surface area contributed by atoms with Crippen molar-refractivity contribution >= 4 is 5.97 Å². The number of likely N-dealkylation sites (N-methyl/N-ethyl adjacent to an activating group) is 1. The molecule has 1 aromatic rings. The van der Waals surface area contributed by atoms with Gasteiger partial charge in [0.05, 0.1) is 6.61 Å². The molecule has 0 aliphatic rings. The van der Waals surface area contributed by atoms with Crippen LogP contribution in [0.4, 0.5) is 0 Å². The van der Waals surface area contributed by atoms with E-state index in [1.54, 1.807) is 31.2 Å². The molecular weight excluding hydrogens is 206 g/mol. The van der Waals surface area contributed by atoms with Gasteiger partial charge in [0.2, 0.25) is 0 Å². The Balaban J connectivity index is 2.84.